The number of imidazole rings is 1. The van der Waals surface area contributed by atoms with Gasteiger partial charge in [0.05, 0.1) is 0 Å². The van der Waals surface area contributed by atoms with Crippen LogP contribution in [0.2, 0.25) is 0 Å². The lowest BCUT2D eigenvalue weighted by Gasteiger charge is -2.09. The van der Waals surface area contributed by atoms with Crippen LogP contribution in [0.25, 0.3) is 5.65 Å². The summed E-state index contributed by atoms with van der Waals surface area (Å²) in [4.78, 5) is 16.1. The minimum Gasteiger partial charge on any atom is -0.349 e. The molecule has 0 fully saturated rings. The van der Waals surface area contributed by atoms with Crippen LogP contribution >= 0.6 is 24.8 Å². The molecule has 2 N–H and O–H groups in total. The van der Waals surface area contributed by atoms with E-state index in [4.69, 9.17) is 0 Å². The van der Waals surface area contributed by atoms with E-state index in [1.165, 1.54) is 0 Å². The number of amides is 1. The molecular formula is C12H18Cl2N4O. The highest BCUT2D eigenvalue weighted by Crippen LogP contribution is 2.04. The molecule has 1 amide bonds. The summed E-state index contributed by atoms with van der Waals surface area (Å²) in [5.41, 5.74) is 1.22. The Morgan fingerprint density at radius 1 is 1.42 bits per heavy atom. The standard InChI is InChI=1S/C12H16N4O.2ClH/c1-9(13-2)7-14-12(17)10-8-16-6-4-3-5-11(16)15-10;;/h3-6,8-9,13H,7H2,1-2H3,(H,14,17);2*1H. The summed E-state index contributed by atoms with van der Waals surface area (Å²) in [5, 5.41) is 5.89. The Morgan fingerprint density at radius 3 is 2.79 bits per heavy atom. The van der Waals surface area contributed by atoms with Crippen molar-refractivity contribution < 1.29 is 4.79 Å². The molecule has 0 radical (unpaired) electrons. The zero-order chi connectivity index (χ0) is 12.3. The van der Waals surface area contributed by atoms with Gasteiger partial charge in [0.2, 0.25) is 0 Å². The van der Waals surface area contributed by atoms with E-state index in [2.05, 4.69) is 15.6 Å². The van der Waals surface area contributed by atoms with Gasteiger partial charge >= 0.3 is 0 Å². The first kappa shape index (κ1) is 17.7. The number of nitrogens with one attached hydrogen (secondary N) is 2. The van der Waals surface area contributed by atoms with E-state index in [0.717, 1.165) is 5.65 Å². The maximum Gasteiger partial charge on any atom is 0.271 e. The maximum absolute atomic E-state index is 11.8. The predicted molar refractivity (Wildman–Crippen MR) is 80.5 cm³/mol. The fraction of sp³-hybridized carbons (Fsp3) is 0.333. The second-order valence-electron chi connectivity index (χ2n) is 3.99. The van der Waals surface area contributed by atoms with E-state index in [-0.39, 0.29) is 36.8 Å². The quantitative estimate of drug-likeness (QED) is 0.900. The second kappa shape index (κ2) is 7.99. The molecule has 19 heavy (non-hydrogen) atoms. The Balaban J connectivity index is 0.00000162. The van der Waals surface area contributed by atoms with Gasteiger partial charge in [-0.05, 0) is 26.1 Å². The van der Waals surface area contributed by atoms with Gasteiger partial charge in [0, 0.05) is 25.0 Å². The second-order valence-corrected chi connectivity index (χ2v) is 3.99. The SMILES string of the molecule is CNC(C)CNC(=O)c1cn2ccccc2n1.Cl.Cl. The van der Waals surface area contributed by atoms with Crippen LogP contribution in [0.15, 0.2) is 30.6 Å². The van der Waals surface area contributed by atoms with Crippen LogP contribution in [0.4, 0.5) is 0 Å². The molecule has 7 heteroatoms. The molecule has 0 spiro atoms. The van der Waals surface area contributed by atoms with Gasteiger partial charge in [-0.1, -0.05) is 6.07 Å². The fourth-order valence-corrected chi connectivity index (χ4v) is 1.48. The molecule has 0 saturated heterocycles. The number of hydrogen-bond acceptors (Lipinski definition) is 3. The van der Waals surface area contributed by atoms with Crippen LogP contribution in [0, 0.1) is 0 Å². The number of aromatic nitrogens is 2. The number of likely N-dealkylation sites (N-methyl/N-ethyl adjacent to an activating group) is 1. The minimum atomic E-state index is -0.143. The highest BCUT2D eigenvalue weighted by atomic mass is 35.5. The van der Waals surface area contributed by atoms with Gasteiger partial charge in [-0.2, -0.15) is 0 Å². The zero-order valence-corrected chi connectivity index (χ0v) is 12.4. The first-order valence-electron chi connectivity index (χ1n) is 5.60. The van der Waals surface area contributed by atoms with E-state index in [1.54, 1.807) is 6.20 Å². The van der Waals surface area contributed by atoms with Gasteiger partial charge < -0.3 is 15.0 Å². The van der Waals surface area contributed by atoms with E-state index >= 15 is 0 Å². The number of hydrogen-bond donors (Lipinski definition) is 2. The normalized spacial score (nSPS) is 11.3. The highest BCUT2D eigenvalue weighted by molar-refractivity contribution is 5.92. The van der Waals surface area contributed by atoms with Crippen molar-refractivity contribution in [1.29, 1.82) is 0 Å². The van der Waals surface area contributed by atoms with Crippen molar-refractivity contribution in [2.75, 3.05) is 13.6 Å². The highest BCUT2D eigenvalue weighted by Gasteiger charge is 2.10. The van der Waals surface area contributed by atoms with Crippen molar-refractivity contribution in [3.05, 3.63) is 36.3 Å². The average molecular weight is 305 g/mol. The van der Waals surface area contributed by atoms with Gasteiger partial charge in [-0.15, -0.1) is 24.8 Å². The first-order valence-corrected chi connectivity index (χ1v) is 5.60. The smallest absolute Gasteiger partial charge is 0.271 e. The molecule has 0 aliphatic heterocycles. The number of nitrogens with zero attached hydrogens (tertiary/aromatic N) is 2. The van der Waals surface area contributed by atoms with E-state index < -0.39 is 0 Å². The summed E-state index contributed by atoms with van der Waals surface area (Å²) in [7, 11) is 1.86. The van der Waals surface area contributed by atoms with Gasteiger partial charge in [-0.25, -0.2) is 4.98 Å². The van der Waals surface area contributed by atoms with Crippen LogP contribution in [0.1, 0.15) is 17.4 Å². The molecule has 2 aromatic rings. The average Bonchev–Trinajstić information content (AvgIpc) is 2.79. The molecule has 1 atom stereocenters. The van der Waals surface area contributed by atoms with E-state index in [0.29, 0.717) is 12.2 Å². The summed E-state index contributed by atoms with van der Waals surface area (Å²) >= 11 is 0. The molecule has 0 aliphatic rings. The number of rotatable bonds is 4. The summed E-state index contributed by atoms with van der Waals surface area (Å²) in [5.74, 6) is -0.143. The third kappa shape index (κ3) is 4.38. The molecule has 1 unspecified atom stereocenters. The van der Waals surface area contributed by atoms with Crippen LogP contribution in [0.3, 0.4) is 0 Å². The Kier molecular flexibility index (Phi) is 7.44. The van der Waals surface area contributed by atoms with Gasteiger partial charge in [0.15, 0.2) is 0 Å². The molecule has 106 valence electrons. The maximum atomic E-state index is 11.8. The molecule has 0 aromatic carbocycles. The van der Waals surface area contributed by atoms with Crippen LogP contribution < -0.4 is 10.6 Å². The lowest BCUT2D eigenvalue weighted by atomic mass is 10.3. The van der Waals surface area contributed by atoms with Gasteiger partial charge in [-0.3, -0.25) is 4.79 Å². The summed E-state index contributed by atoms with van der Waals surface area (Å²) in [6, 6.07) is 5.91. The van der Waals surface area contributed by atoms with E-state index in [1.807, 2.05) is 42.8 Å². The Bertz CT molecular complexity index is 496. The van der Waals surface area contributed by atoms with Crippen molar-refractivity contribution in [2.45, 2.75) is 13.0 Å². The number of carbonyl (C=O) groups is 1. The summed E-state index contributed by atoms with van der Waals surface area (Å²) < 4.78 is 1.83. The molecule has 0 aliphatic carbocycles. The topological polar surface area (TPSA) is 58.4 Å². The first-order chi connectivity index (χ1) is 8.20. The lowest BCUT2D eigenvalue weighted by molar-refractivity contribution is 0.0946. The molecule has 0 saturated carbocycles. The van der Waals surface area contributed by atoms with Crippen molar-refractivity contribution >= 4 is 36.4 Å². The van der Waals surface area contributed by atoms with Crippen LogP contribution in [0.5, 0.6) is 0 Å². The van der Waals surface area contributed by atoms with Crippen molar-refractivity contribution in [2.24, 2.45) is 0 Å². The summed E-state index contributed by atoms with van der Waals surface area (Å²) in [6.07, 6.45) is 3.60. The minimum absolute atomic E-state index is 0. The Morgan fingerprint density at radius 2 is 2.16 bits per heavy atom. The molecular weight excluding hydrogens is 287 g/mol. The number of pyridine rings is 1. The fourth-order valence-electron chi connectivity index (χ4n) is 1.48. The zero-order valence-electron chi connectivity index (χ0n) is 10.8. The Labute approximate surface area is 124 Å². The largest absolute Gasteiger partial charge is 0.349 e. The van der Waals surface area contributed by atoms with Crippen LogP contribution in [-0.4, -0.2) is 34.9 Å². The van der Waals surface area contributed by atoms with Crippen molar-refractivity contribution in [1.82, 2.24) is 20.0 Å². The van der Waals surface area contributed by atoms with Gasteiger partial charge in [0.1, 0.15) is 11.3 Å². The number of fused-ring (bicyclic) bond motifs is 1. The van der Waals surface area contributed by atoms with Crippen LogP contribution in [-0.2, 0) is 0 Å². The summed E-state index contributed by atoms with van der Waals surface area (Å²) in [6.45, 7) is 2.59. The van der Waals surface area contributed by atoms with Crippen molar-refractivity contribution in [3.63, 3.8) is 0 Å². The third-order valence-electron chi connectivity index (χ3n) is 2.66. The molecule has 2 aromatic heterocycles. The third-order valence-corrected chi connectivity index (χ3v) is 2.66. The lowest BCUT2D eigenvalue weighted by Crippen LogP contribution is -2.37. The van der Waals surface area contributed by atoms with Gasteiger partial charge in [0.25, 0.3) is 5.91 Å². The molecule has 0 bridgehead atoms. The molecule has 2 rings (SSSR count). The number of halogens is 2. The molecule has 2 heterocycles. The Hall–Kier alpha value is -1.30. The van der Waals surface area contributed by atoms with E-state index in [9.17, 15) is 4.79 Å². The van der Waals surface area contributed by atoms with Crippen molar-refractivity contribution in [3.8, 4) is 0 Å². The predicted octanol–water partition coefficient (Wildman–Crippen LogP) is 1.52. The number of carbonyl (C=O) groups excluding carboxylic acids is 1. The molecule has 5 nitrogen and oxygen atoms in total. The monoisotopic (exact) mass is 304 g/mol.